The van der Waals surface area contributed by atoms with E-state index in [1.807, 2.05) is 0 Å². The second kappa shape index (κ2) is 10.6. The molecule has 2 atom stereocenters. The average molecular weight is 604 g/mol. The third-order valence-corrected chi connectivity index (χ3v) is 7.15. The number of rotatable bonds is 8. The summed E-state index contributed by atoms with van der Waals surface area (Å²) in [5, 5.41) is 3.95. The quantitative estimate of drug-likeness (QED) is 0.393. The molecule has 2 heterocycles. The first-order valence-corrected chi connectivity index (χ1v) is 12.7. The van der Waals surface area contributed by atoms with Crippen molar-refractivity contribution in [1.82, 2.24) is 19.6 Å². The summed E-state index contributed by atoms with van der Waals surface area (Å²) in [5.74, 6) is -4.45. The highest BCUT2D eigenvalue weighted by Gasteiger charge is 2.57. The molecule has 1 unspecified atom stereocenters. The molecule has 1 saturated heterocycles. The molecule has 43 heavy (non-hydrogen) atoms. The van der Waals surface area contributed by atoms with E-state index in [4.69, 9.17) is 10.5 Å². The van der Waals surface area contributed by atoms with Crippen LogP contribution in [-0.2, 0) is 37.8 Å². The lowest BCUT2D eigenvalue weighted by Gasteiger charge is -2.31. The van der Waals surface area contributed by atoms with Gasteiger partial charge in [-0.15, -0.1) is 0 Å². The van der Waals surface area contributed by atoms with E-state index in [9.17, 15) is 36.7 Å². The topological polar surface area (TPSA) is 128 Å². The number of nitrogens with zero attached hydrogens (tertiary/aromatic N) is 4. The fraction of sp³-hybridized carbons (Fsp3) is 0.250. The highest BCUT2D eigenvalue weighted by molar-refractivity contribution is 6.08. The number of aromatic nitrogens is 2. The second-order valence-corrected chi connectivity index (χ2v) is 10.0. The van der Waals surface area contributed by atoms with E-state index < -0.39 is 66.4 Å². The lowest BCUT2D eigenvalue weighted by Crippen LogP contribution is -2.51. The van der Waals surface area contributed by atoms with Gasteiger partial charge < -0.3 is 15.4 Å². The number of carbonyl (C=O) groups is 4. The number of amides is 4. The average Bonchev–Trinajstić information content (AvgIpc) is 3.60. The molecule has 10 nitrogen and oxygen atoms in total. The van der Waals surface area contributed by atoms with E-state index in [0.717, 1.165) is 25.1 Å². The Hall–Kier alpha value is -5.08. The Balaban J connectivity index is 1.40. The highest BCUT2D eigenvalue weighted by Crippen LogP contribution is 2.45. The number of imide groups is 1. The summed E-state index contributed by atoms with van der Waals surface area (Å²) in [4.78, 5) is 51.4. The first-order chi connectivity index (χ1) is 20.2. The van der Waals surface area contributed by atoms with Crippen molar-refractivity contribution in [3.05, 3.63) is 83.2 Å². The second-order valence-electron chi connectivity index (χ2n) is 10.0. The molecule has 2 aromatic carbocycles. The van der Waals surface area contributed by atoms with Gasteiger partial charge in [-0.3, -0.25) is 19.1 Å². The van der Waals surface area contributed by atoms with Crippen LogP contribution in [0.25, 0.3) is 17.2 Å². The number of fused-ring (bicyclic) bond motifs is 2. The van der Waals surface area contributed by atoms with Crippen LogP contribution in [-0.4, -0.2) is 62.2 Å². The molecule has 1 fully saturated rings. The van der Waals surface area contributed by atoms with Gasteiger partial charge in [0.1, 0.15) is 30.8 Å². The third kappa shape index (κ3) is 5.45. The van der Waals surface area contributed by atoms with Crippen LogP contribution in [0.1, 0.15) is 23.6 Å². The van der Waals surface area contributed by atoms with Crippen LogP contribution in [0.2, 0.25) is 0 Å². The van der Waals surface area contributed by atoms with Gasteiger partial charge in [0.05, 0.1) is 6.20 Å². The predicted octanol–water partition coefficient (Wildman–Crippen LogP) is 3.49. The standard InChI is InChI=1S/C28H22F5N5O5/c1-15(28(31,32)33)37(11-16-2-4-19(29)5-3-16)24(40)14-38-25(41)27(43-26(38)42)7-6-17-8-20(22(30)9-21(17)27)18-10-35-36(12-18)13-23(34)39/h2-10,12,15H,11,13-14H2,1H3,(H2,34,39)/t15-,27?/m0/s1. The maximum Gasteiger partial charge on any atom is 0.418 e. The van der Waals surface area contributed by atoms with Crippen molar-refractivity contribution < 1.29 is 45.9 Å². The third-order valence-electron chi connectivity index (χ3n) is 7.15. The first-order valence-electron chi connectivity index (χ1n) is 12.7. The largest absolute Gasteiger partial charge is 0.423 e. The summed E-state index contributed by atoms with van der Waals surface area (Å²) in [6.45, 7) is -1.18. The molecule has 0 bridgehead atoms. The molecule has 3 aromatic rings. The van der Waals surface area contributed by atoms with Crippen LogP contribution < -0.4 is 5.73 Å². The van der Waals surface area contributed by atoms with E-state index in [0.29, 0.717) is 9.80 Å². The number of hydrogen-bond acceptors (Lipinski definition) is 6. The summed E-state index contributed by atoms with van der Waals surface area (Å²) >= 11 is 0. The van der Waals surface area contributed by atoms with E-state index >= 15 is 4.39 Å². The van der Waals surface area contributed by atoms with Crippen LogP contribution in [0.4, 0.5) is 26.7 Å². The summed E-state index contributed by atoms with van der Waals surface area (Å²) in [5.41, 5.74) is 3.76. The SMILES string of the molecule is C[C@H](N(Cc1ccc(F)cc1)C(=O)CN1C(=O)OC2(C=Cc3cc(-c4cnn(CC(N)=O)c4)c(F)cc32)C1=O)C(F)(F)F. The molecule has 15 heteroatoms. The summed E-state index contributed by atoms with van der Waals surface area (Å²) in [6, 6.07) is 4.46. The Morgan fingerprint density at radius 1 is 1.12 bits per heavy atom. The molecule has 1 aliphatic heterocycles. The van der Waals surface area contributed by atoms with Crippen molar-refractivity contribution in [2.45, 2.75) is 37.8 Å². The van der Waals surface area contributed by atoms with Crippen LogP contribution in [0.3, 0.4) is 0 Å². The molecule has 4 amide bonds. The number of primary amides is 1. The number of nitrogens with two attached hydrogens (primary N) is 1. The first kappa shape index (κ1) is 29.4. The van der Waals surface area contributed by atoms with Gasteiger partial charge in [-0.2, -0.15) is 18.3 Å². The molecular weight excluding hydrogens is 581 g/mol. The molecule has 1 aliphatic carbocycles. The van der Waals surface area contributed by atoms with Gasteiger partial charge in [0.25, 0.3) is 5.91 Å². The number of hydrogen-bond donors (Lipinski definition) is 1. The molecule has 0 radical (unpaired) electrons. The monoisotopic (exact) mass is 603 g/mol. The smallest absolute Gasteiger partial charge is 0.418 e. The van der Waals surface area contributed by atoms with E-state index in [1.54, 1.807) is 0 Å². The van der Waals surface area contributed by atoms with Crippen LogP contribution in [0, 0.1) is 11.6 Å². The zero-order chi connectivity index (χ0) is 31.3. The van der Waals surface area contributed by atoms with Crippen molar-refractivity contribution in [3.63, 3.8) is 0 Å². The van der Waals surface area contributed by atoms with Crippen molar-refractivity contribution in [2.24, 2.45) is 5.73 Å². The fourth-order valence-electron chi connectivity index (χ4n) is 4.88. The van der Waals surface area contributed by atoms with Crippen LogP contribution in [0.15, 0.2) is 54.9 Å². The lowest BCUT2D eigenvalue weighted by molar-refractivity contribution is -0.187. The number of benzene rings is 2. The van der Waals surface area contributed by atoms with Crippen LogP contribution in [0.5, 0.6) is 0 Å². The van der Waals surface area contributed by atoms with Gasteiger partial charge in [-0.1, -0.05) is 18.2 Å². The highest BCUT2D eigenvalue weighted by atomic mass is 19.4. The Morgan fingerprint density at radius 3 is 2.47 bits per heavy atom. The molecule has 5 rings (SSSR count). The minimum Gasteiger partial charge on any atom is -0.423 e. The Labute approximate surface area is 240 Å². The normalized spacial score (nSPS) is 18.2. The molecule has 224 valence electrons. The molecule has 1 aromatic heterocycles. The van der Waals surface area contributed by atoms with Crippen molar-refractivity contribution in [3.8, 4) is 11.1 Å². The van der Waals surface area contributed by atoms with Gasteiger partial charge >= 0.3 is 12.3 Å². The summed E-state index contributed by atoms with van der Waals surface area (Å²) in [7, 11) is 0. The van der Waals surface area contributed by atoms with Gasteiger partial charge in [0.15, 0.2) is 0 Å². The summed E-state index contributed by atoms with van der Waals surface area (Å²) < 4.78 is 76.1. The predicted molar refractivity (Wildman–Crippen MR) is 138 cm³/mol. The number of alkyl halides is 3. The minimum atomic E-state index is -4.86. The number of ether oxygens (including phenoxy) is 1. The van der Waals surface area contributed by atoms with E-state index in [2.05, 4.69) is 5.10 Å². The zero-order valence-corrected chi connectivity index (χ0v) is 22.3. The molecule has 1 spiro atoms. The number of halogens is 5. The van der Waals surface area contributed by atoms with Gasteiger partial charge in [-0.05, 0) is 48.4 Å². The van der Waals surface area contributed by atoms with E-state index in [1.165, 1.54) is 47.4 Å². The van der Waals surface area contributed by atoms with Gasteiger partial charge in [-0.25, -0.2) is 18.5 Å². The maximum atomic E-state index is 15.3. The zero-order valence-electron chi connectivity index (χ0n) is 22.3. The lowest BCUT2D eigenvalue weighted by atomic mass is 9.92. The van der Waals surface area contributed by atoms with Gasteiger partial charge in [0, 0.05) is 29.4 Å². The summed E-state index contributed by atoms with van der Waals surface area (Å²) in [6.07, 6.45) is -0.889. The van der Waals surface area contributed by atoms with Crippen molar-refractivity contribution in [1.29, 1.82) is 0 Å². The maximum absolute atomic E-state index is 15.3. The van der Waals surface area contributed by atoms with E-state index in [-0.39, 0.29) is 34.4 Å². The molecule has 2 aliphatic rings. The fourth-order valence-corrected chi connectivity index (χ4v) is 4.88. The Morgan fingerprint density at radius 2 is 1.81 bits per heavy atom. The minimum absolute atomic E-state index is 0.0533. The van der Waals surface area contributed by atoms with Crippen molar-refractivity contribution >= 4 is 29.9 Å². The Bertz CT molecular complexity index is 1670. The van der Waals surface area contributed by atoms with Gasteiger partial charge in [0.2, 0.25) is 17.4 Å². The molecule has 2 N–H and O–H groups in total. The van der Waals surface area contributed by atoms with Crippen LogP contribution >= 0.6 is 0 Å². The molecule has 0 saturated carbocycles. The Kier molecular flexibility index (Phi) is 7.28. The number of carbonyl (C=O) groups excluding carboxylic acids is 4. The van der Waals surface area contributed by atoms with Crippen molar-refractivity contribution in [2.75, 3.05) is 6.54 Å². The molecular formula is C28H22F5N5O5.